The van der Waals surface area contributed by atoms with Crippen LogP contribution in [0.15, 0.2) is 42.7 Å². The van der Waals surface area contributed by atoms with Crippen LogP contribution in [-0.2, 0) is 12.7 Å². The van der Waals surface area contributed by atoms with Gasteiger partial charge in [-0.05, 0) is 18.2 Å². The van der Waals surface area contributed by atoms with Crippen LogP contribution in [0.5, 0.6) is 5.75 Å². The summed E-state index contributed by atoms with van der Waals surface area (Å²) in [6, 6.07) is 6.59. The molecule has 0 saturated heterocycles. The van der Waals surface area contributed by atoms with E-state index in [4.69, 9.17) is 4.74 Å². The molecule has 4 nitrogen and oxygen atoms in total. The van der Waals surface area contributed by atoms with Crippen molar-refractivity contribution in [1.82, 2.24) is 9.78 Å². The third-order valence-electron chi connectivity index (χ3n) is 2.58. The van der Waals surface area contributed by atoms with Crippen molar-refractivity contribution < 1.29 is 23.0 Å². The number of hydrogen-bond acceptors (Lipinski definition) is 3. The van der Waals surface area contributed by atoms with E-state index in [0.717, 1.165) is 6.07 Å². The van der Waals surface area contributed by atoms with Crippen molar-refractivity contribution in [2.45, 2.75) is 18.8 Å². The molecule has 1 aromatic heterocycles. The maximum Gasteiger partial charge on any atom is 0.419 e. The minimum absolute atomic E-state index is 0.154. The Morgan fingerprint density at radius 1 is 1.25 bits per heavy atom. The predicted molar refractivity (Wildman–Crippen MR) is 65.2 cm³/mol. The van der Waals surface area contributed by atoms with Crippen LogP contribution < -0.4 is 4.74 Å². The first-order chi connectivity index (χ1) is 9.47. The fraction of sp³-hybridized carbons (Fsp3) is 0.308. The number of aromatic nitrogens is 2. The van der Waals surface area contributed by atoms with Gasteiger partial charge in [0.2, 0.25) is 0 Å². The Hall–Kier alpha value is -2.02. The van der Waals surface area contributed by atoms with E-state index in [1.54, 1.807) is 18.5 Å². The molecule has 0 unspecified atom stereocenters. The van der Waals surface area contributed by atoms with E-state index in [0.29, 0.717) is 0 Å². The minimum Gasteiger partial charge on any atom is -0.490 e. The quantitative estimate of drug-likeness (QED) is 0.917. The van der Waals surface area contributed by atoms with Crippen LogP contribution in [0.1, 0.15) is 5.56 Å². The third kappa shape index (κ3) is 3.74. The van der Waals surface area contributed by atoms with Gasteiger partial charge in [0.25, 0.3) is 0 Å². The van der Waals surface area contributed by atoms with Crippen LogP contribution in [0.3, 0.4) is 0 Å². The summed E-state index contributed by atoms with van der Waals surface area (Å²) in [4.78, 5) is 0. The minimum atomic E-state index is -4.48. The highest BCUT2D eigenvalue weighted by Gasteiger charge is 2.34. The largest absolute Gasteiger partial charge is 0.490 e. The van der Waals surface area contributed by atoms with E-state index in [1.165, 1.54) is 22.9 Å². The summed E-state index contributed by atoms with van der Waals surface area (Å²) in [6.07, 6.45) is -2.24. The number of nitrogens with zero attached hydrogens (tertiary/aromatic N) is 2. The van der Waals surface area contributed by atoms with E-state index in [2.05, 4.69) is 5.10 Å². The lowest BCUT2D eigenvalue weighted by Gasteiger charge is -2.16. The molecule has 0 amide bonds. The van der Waals surface area contributed by atoms with E-state index >= 15 is 0 Å². The molecule has 2 rings (SSSR count). The summed E-state index contributed by atoms with van der Waals surface area (Å²) in [6.45, 7) is -0.0891. The first kappa shape index (κ1) is 14.4. The van der Waals surface area contributed by atoms with E-state index in [-0.39, 0.29) is 18.9 Å². The van der Waals surface area contributed by atoms with E-state index in [9.17, 15) is 18.3 Å². The maximum absolute atomic E-state index is 12.7. The molecule has 0 spiro atoms. The molecule has 1 heterocycles. The molecule has 0 aliphatic rings. The smallest absolute Gasteiger partial charge is 0.419 e. The van der Waals surface area contributed by atoms with Gasteiger partial charge < -0.3 is 9.84 Å². The molecule has 1 N–H and O–H groups in total. The molecule has 0 radical (unpaired) electrons. The standard InChI is InChI=1S/C13H13F3N2O2/c14-13(15,16)11-4-1-2-5-12(11)20-9-10(19)8-18-7-3-6-17-18/h1-7,10,19H,8-9H2/t10-/m0/s1. The Balaban J connectivity index is 1.97. The van der Waals surface area contributed by atoms with E-state index in [1.807, 2.05) is 0 Å². The van der Waals surface area contributed by atoms with Crippen LogP contribution in [-0.4, -0.2) is 27.6 Å². The summed E-state index contributed by atoms with van der Waals surface area (Å²) >= 11 is 0. The second kappa shape index (κ2) is 5.96. The van der Waals surface area contributed by atoms with Gasteiger partial charge in [0, 0.05) is 12.4 Å². The Kier molecular flexibility index (Phi) is 4.29. The molecule has 7 heteroatoms. The van der Waals surface area contributed by atoms with Crippen LogP contribution in [0.25, 0.3) is 0 Å². The zero-order valence-electron chi connectivity index (χ0n) is 10.4. The maximum atomic E-state index is 12.7. The van der Waals surface area contributed by atoms with Crippen molar-refractivity contribution in [3.05, 3.63) is 48.3 Å². The second-order valence-corrected chi connectivity index (χ2v) is 4.19. The molecule has 0 aliphatic carbocycles. The number of halogens is 3. The van der Waals surface area contributed by atoms with Gasteiger partial charge in [-0.25, -0.2) is 0 Å². The van der Waals surface area contributed by atoms with Gasteiger partial charge in [0.05, 0.1) is 12.1 Å². The number of alkyl halides is 3. The third-order valence-corrected chi connectivity index (χ3v) is 2.58. The predicted octanol–water partition coefficient (Wildman–Crippen LogP) is 2.34. The summed E-state index contributed by atoms with van der Waals surface area (Å²) in [5, 5.41) is 13.6. The van der Waals surface area contributed by atoms with Crippen molar-refractivity contribution in [3.63, 3.8) is 0 Å². The summed E-state index contributed by atoms with van der Waals surface area (Å²) in [5.41, 5.74) is -0.855. The number of aliphatic hydroxyl groups is 1. The highest BCUT2D eigenvalue weighted by molar-refractivity contribution is 5.35. The first-order valence-electron chi connectivity index (χ1n) is 5.91. The number of benzene rings is 1. The molecule has 1 atom stereocenters. The molecule has 20 heavy (non-hydrogen) atoms. The van der Waals surface area contributed by atoms with Gasteiger partial charge >= 0.3 is 6.18 Å². The fourth-order valence-corrected chi connectivity index (χ4v) is 1.69. The molecule has 0 bridgehead atoms. The van der Waals surface area contributed by atoms with Gasteiger partial charge in [0.1, 0.15) is 18.5 Å². The summed E-state index contributed by atoms with van der Waals surface area (Å²) in [7, 11) is 0. The topological polar surface area (TPSA) is 47.3 Å². The molecule has 0 fully saturated rings. The Bertz CT molecular complexity index is 541. The molecule has 1 aromatic carbocycles. The SMILES string of the molecule is O[C@H](COc1ccccc1C(F)(F)F)Cn1cccn1. The second-order valence-electron chi connectivity index (χ2n) is 4.19. The molecular weight excluding hydrogens is 273 g/mol. The van der Waals surface area contributed by atoms with Crippen molar-refractivity contribution in [2.75, 3.05) is 6.61 Å². The number of aliphatic hydroxyl groups excluding tert-OH is 1. The monoisotopic (exact) mass is 286 g/mol. The average molecular weight is 286 g/mol. The first-order valence-corrected chi connectivity index (χ1v) is 5.91. The van der Waals surface area contributed by atoms with Crippen LogP contribution in [0.2, 0.25) is 0 Å². The van der Waals surface area contributed by atoms with Gasteiger partial charge in [-0.15, -0.1) is 0 Å². The fourth-order valence-electron chi connectivity index (χ4n) is 1.69. The van der Waals surface area contributed by atoms with Crippen LogP contribution in [0.4, 0.5) is 13.2 Å². The van der Waals surface area contributed by atoms with Crippen molar-refractivity contribution >= 4 is 0 Å². The number of ether oxygens (including phenoxy) is 1. The number of para-hydroxylation sites is 1. The van der Waals surface area contributed by atoms with E-state index < -0.39 is 17.8 Å². The van der Waals surface area contributed by atoms with Gasteiger partial charge in [0.15, 0.2) is 0 Å². The number of hydrogen-bond donors (Lipinski definition) is 1. The Morgan fingerprint density at radius 2 is 2.00 bits per heavy atom. The zero-order chi connectivity index (χ0) is 14.6. The lowest BCUT2D eigenvalue weighted by Crippen LogP contribution is -2.24. The van der Waals surface area contributed by atoms with Crippen molar-refractivity contribution in [3.8, 4) is 5.75 Å². The summed E-state index contributed by atoms with van der Waals surface area (Å²) in [5.74, 6) is -0.292. The molecule has 108 valence electrons. The lowest BCUT2D eigenvalue weighted by atomic mass is 10.2. The molecule has 0 aliphatic heterocycles. The van der Waals surface area contributed by atoms with Crippen molar-refractivity contribution in [2.24, 2.45) is 0 Å². The molecule has 0 saturated carbocycles. The van der Waals surface area contributed by atoms with Gasteiger partial charge in [-0.2, -0.15) is 18.3 Å². The molecular formula is C13H13F3N2O2. The zero-order valence-corrected chi connectivity index (χ0v) is 10.4. The van der Waals surface area contributed by atoms with Gasteiger partial charge in [-0.3, -0.25) is 4.68 Å². The summed E-state index contributed by atoms with van der Waals surface area (Å²) < 4.78 is 44.7. The normalized spacial score (nSPS) is 13.2. The van der Waals surface area contributed by atoms with Crippen LogP contribution in [0, 0.1) is 0 Å². The average Bonchev–Trinajstić information content (AvgIpc) is 2.88. The Labute approximate surface area is 113 Å². The Morgan fingerprint density at radius 3 is 2.65 bits per heavy atom. The van der Waals surface area contributed by atoms with Gasteiger partial charge in [-0.1, -0.05) is 12.1 Å². The number of rotatable bonds is 5. The van der Waals surface area contributed by atoms with Crippen molar-refractivity contribution in [1.29, 1.82) is 0 Å². The van der Waals surface area contributed by atoms with Crippen LogP contribution >= 0.6 is 0 Å². The highest BCUT2D eigenvalue weighted by Crippen LogP contribution is 2.35. The molecule has 2 aromatic rings. The lowest BCUT2D eigenvalue weighted by molar-refractivity contribution is -0.139. The highest BCUT2D eigenvalue weighted by atomic mass is 19.4.